The first kappa shape index (κ1) is 5.58. The van der Waals surface area contributed by atoms with Gasteiger partial charge in [-0.3, -0.25) is 4.98 Å². The van der Waals surface area contributed by atoms with E-state index in [2.05, 4.69) is 15.3 Å². The van der Waals surface area contributed by atoms with E-state index in [9.17, 15) is 4.79 Å². The molecule has 4 nitrogen and oxygen atoms in total. The molecule has 3 N–H and O–H groups in total. The molecule has 2 heterocycles. The minimum absolute atomic E-state index is 0.112. The van der Waals surface area contributed by atoms with E-state index in [1.54, 1.807) is 0 Å². The highest BCUT2D eigenvalue weighted by Crippen LogP contribution is 2.13. The SMILES string of the molecule is O=c1[nH]c2c([nH]1)NCCC2. The van der Waals surface area contributed by atoms with E-state index in [0.29, 0.717) is 0 Å². The smallest absolute Gasteiger partial charge is 0.324 e. The molecular formula is C6H9N3O. The third kappa shape index (κ3) is 0.725. The van der Waals surface area contributed by atoms with E-state index >= 15 is 0 Å². The minimum Gasteiger partial charge on any atom is -0.370 e. The Balaban J connectivity index is 2.50. The van der Waals surface area contributed by atoms with Gasteiger partial charge in [0.25, 0.3) is 0 Å². The summed E-state index contributed by atoms with van der Waals surface area (Å²) in [5.41, 5.74) is 0.899. The van der Waals surface area contributed by atoms with E-state index in [0.717, 1.165) is 30.9 Å². The second kappa shape index (κ2) is 1.90. The molecule has 0 saturated carbocycles. The van der Waals surface area contributed by atoms with Crippen LogP contribution < -0.4 is 11.0 Å². The van der Waals surface area contributed by atoms with Crippen molar-refractivity contribution in [3.05, 3.63) is 16.2 Å². The van der Waals surface area contributed by atoms with Crippen LogP contribution in [-0.2, 0) is 6.42 Å². The molecule has 0 spiro atoms. The molecule has 0 saturated heterocycles. The average Bonchev–Trinajstić information content (AvgIpc) is 2.27. The summed E-state index contributed by atoms with van der Waals surface area (Å²) in [7, 11) is 0. The molecule has 0 atom stereocenters. The van der Waals surface area contributed by atoms with Gasteiger partial charge in [0, 0.05) is 6.54 Å². The first-order valence-corrected chi connectivity index (χ1v) is 3.41. The van der Waals surface area contributed by atoms with E-state index in [-0.39, 0.29) is 5.69 Å². The molecule has 1 aliphatic heterocycles. The van der Waals surface area contributed by atoms with E-state index in [4.69, 9.17) is 0 Å². The van der Waals surface area contributed by atoms with Crippen molar-refractivity contribution in [3.63, 3.8) is 0 Å². The maximum atomic E-state index is 10.7. The Bertz CT molecular complexity index is 259. The van der Waals surface area contributed by atoms with Gasteiger partial charge in [-0.15, -0.1) is 0 Å². The predicted molar refractivity (Wildman–Crippen MR) is 38.2 cm³/mol. The predicted octanol–water partition coefficient (Wildman–Crippen LogP) is 0.0611. The van der Waals surface area contributed by atoms with Crippen molar-refractivity contribution in [1.29, 1.82) is 0 Å². The molecule has 0 radical (unpaired) electrons. The van der Waals surface area contributed by atoms with Crippen LogP contribution in [0.15, 0.2) is 4.79 Å². The minimum atomic E-state index is -0.112. The maximum Gasteiger partial charge on any atom is 0.324 e. The number of nitrogens with one attached hydrogen (secondary N) is 3. The first-order valence-electron chi connectivity index (χ1n) is 3.41. The number of rotatable bonds is 0. The van der Waals surface area contributed by atoms with Crippen LogP contribution in [0.4, 0.5) is 5.82 Å². The van der Waals surface area contributed by atoms with Crippen LogP contribution in [0, 0.1) is 0 Å². The first-order chi connectivity index (χ1) is 4.86. The summed E-state index contributed by atoms with van der Waals surface area (Å²) in [4.78, 5) is 16.1. The molecule has 0 aliphatic carbocycles. The third-order valence-electron chi connectivity index (χ3n) is 1.71. The molecule has 0 amide bonds. The molecule has 2 rings (SSSR count). The van der Waals surface area contributed by atoms with Gasteiger partial charge in [0.2, 0.25) is 0 Å². The Morgan fingerprint density at radius 3 is 3.00 bits per heavy atom. The molecule has 0 unspecified atom stereocenters. The highest BCUT2D eigenvalue weighted by molar-refractivity contribution is 5.41. The lowest BCUT2D eigenvalue weighted by Gasteiger charge is -2.11. The summed E-state index contributed by atoms with van der Waals surface area (Å²) in [5.74, 6) is 0.872. The Kier molecular flexibility index (Phi) is 1.06. The summed E-state index contributed by atoms with van der Waals surface area (Å²) >= 11 is 0. The normalized spacial score (nSPS) is 16.0. The fraction of sp³-hybridized carbons (Fsp3) is 0.500. The van der Waals surface area contributed by atoms with Crippen molar-refractivity contribution in [2.45, 2.75) is 12.8 Å². The summed E-state index contributed by atoms with van der Waals surface area (Å²) in [6.07, 6.45) is 2.07. The van der Waals surface area contributed by atoms with Gasteiger partial charge in [-0.25, -0.2) is 4.79 Å². The lowest BCUT2D eigenvalue weighted by Crippen LogP contribution is -2.10. The highest BCUT2D eigenvalue weighted by Gasteiger charge is 2.09. The fourth-order valence-corrected chi connectivity index (χ4v) is 1.24. The second-order valence-electron chi connectivity index (χ2n) is 2.46. The van der Waals surface area contributed by atoms with Crippen molar-refractivity contribution in [3.8, 4) is 0 Å². The summed E-state index contributed by atoms with van der Waals surface area (Å²) in [6, 6.07) is 0. The summed E-state index contributed by atoms with van der Waals surface area (Å²) < 4.78 is 0. The number of fused-ring (bicyclic) bond motifs is 1. The largest absolute Gasteiger partial charge is 0.370 e. The Morgan fingerprint density at radius 1 is 1.30 bits per heavy atom. The lowest BCUT2D eigenvalue weighted by molar-refractivity contribution is 0.808. The number of imidazole rings is 1. The zero-order valence-corrected chi connectivity index (χ0v) is 5.53. The molecule has 10 heavy (non-hydrogen) atoms. The molecule has 1 aliphatic rings. The van der Waals surface area contributed by atoms with Crippen LogP contribution in [0.5, 0.6) is 0 Å². The lowest BCUT2D eigenvalue weighted by atomic mass is 10.2. The highest BCUT2D eigenvalue weighted by atomic mass is 16.1. The topological polar surface area (TPSA) is 60.7 Å². The van der Waals surface area contributed by atoms with Gasteiger partial charge in [-0.2, -0.15) is 0 Å². The van der Waals surface area contributed by atoms with Crippen molar-refractivity contribution >= 4 is 5.82 Å². The molecule has 0 aromatic carbocycles. The van der Waals surface area contributed by atoms with Crippen LogP contribution in [0.2, 0.25) is 0 Å². The van der Waals surface area contributed by atoms with Crippen molar-refractivity contribution in [2.24, 2.45) is 0 Å². The monoisotopic (exact) mass is 139 g/mol. The van der Waals surface area contributed by atoms with Crippen LogP contribution in [0.25, 0.3) is 0 Å². The number of aromatic nitrogens is 2. The molecular weight excluding hydrogens is 130 g/mol. The standard InChI is InChI=1S/C6H9N3O/c10-6-8-4-2-1-3-7-5(4)9-6/h7H,1-3H2,(H2,8,9,10). The number of H-pyrrole nitrogens is 2. The maximum absolute atomic E-state index is 10.7. The van der Waals surface area contributed by atoms with Gasteiger partial charge < -0.3 is 10.3 Å². The fourth-order valence-electron chi connectivity index (χ4n) is 1.24. The number of hydrogen-bond donors (Lipinski definition) is 3. The van der Waals surface area contributed by atoms with Crippen LogP contribution in [0.1, 0.15) is 12.1 Å². The summed E-state index contributed by atoms with van der Waals surface area (Å²) in [5, 5.41) is 3.10. The van der Waals surface area contributed by atoms with Crippen molar-refractivity contribution < 1.29 is 0 Å². The number of anilines is 1. The number of aromatic amines is 2. The van der Waals surface area contributed by atoms with Gasteiger partial charge in [-0.05, 0) is 12.8 Å². The second-order valence-corrected chi connectivity index (χ2v) is 2.46. The van der Waals surface area contributed by atoms with Crippen LogP contribution in [-0.4, -0.2) is 16.5 Å². The molecule has 1 aromatic rings. The Labute approximate surface area is 57.7 Å². The molecule has 0 bridgehead atoms. The van der Waals surface area contributed by atoms with E-state index in [1.165, 1.54) is 0 Å². The molecule has 54 valence electrons. The van der Waals surface area contributed by atoms with Crippen LogP contribution in [0.3, 0.4) is 0 Å². The quantitative estimate of drug-likeness (QED) is 0.476. The van der Waals surface area contributed by atoms with Crippen molar-refractivity contribution in [2.75, 3.05) is 11.9 Å². The van der Waals surface area contributed by atoms with E-state index < -0.39 is 0 Å². The third-order valence-corrected chi connectivity index (χ3v) is 1.71. The van der Waals surface area contributed by atoms with Gasteiger partial charge in [0.05, 0.1) is 5.69 Å². The summed E-state index contributed by atoms with van der Waals surface area (Å²) in [6.45, 7) is 0.959. The van der Waals surface area contributed by atoms with Gasteiger partial charge >= 0.3 is 5.69 Å². The van der Waals surface area contributed by atoms with Crippen LogP contribution >= 0.6 is 0 Å². The average molecular weight is 139 g/mol. The zero-order chi connectivity index (χ0) is 6.97. The molecule has 0 fully saturated rings. The Hall–Kier alpha value is -1.19. The van der Waals surface area contributed by atoms with Crippen molar-refractivity contribution in [1.82, 2.24) is 9.97 Å². The van der Waals surface area contributed by atoms with Gasteiger partial charge in [-0.1, -0.05) is 0 Å². The molecule has 1 aromatic heterocycles. The molecule has 4 heteroatoms. The van der Waals surface area contributed by atoms with Gasteiger partial charge in [0.15, 0.2) is 0 Å². The zero-order valence-electron chi connectivity index (χ0n) is 5.53. The number of aryl methyl sites for hydroxylation is 1. The van der Waals surface area contributed by atoms with E-state index in [1.807, 2.05) is 0 Å². The van der Waals surface area contributed by atoms with Gasteiger partial charge in [0.1, 0.15) is 5.82 Å². The number of hydrogen-bond acceptors (Lipinski definition) is 2. The Morgan fingerprint density at radius 2 is 2.20 bits per heavy atom.